The summed E-state index contributed by atoms with van der Waals surface area (Å²) >= 11 is 0. The SMILES string of the molecule is BCC1CCOC(C)(C)C1. The van der Waals surface area contributed by atoms with E-state index in [0.29, 0.717) is 0 Å². The van der Waals surface area contributed by atoms with Gasteiger partial charge < -0.3 is 4.74 Å². The lowest BCUT2D eigenvalue weighted by Crippen LogP contribution is -2.33. The van der Waals surface area contributed by atoms with Gasteiger partial charge in [-0.25, -0.2) is 0 Å². The Kier molecular flexibility index (Phi) is 2.40. The van der Waals surface area contributed by atoms with Gasteiger partial charge in [-0.1, -0.05) is 6.32 Å². The molecule has 0 amide bonds. The third kappa shape index (κ3) is 2.01. The van der Waals surface area contributed by atoms with Crippen molar-refractivity contribution in [1.29, 1.82) is 0 Å². The Morgan fingerprint density at radius 3 is 2.70 bits per heavy atom. The van der Waals surface area contributed by atoms with Crippen LogP contribution in [-0.2, 0) is 4.74 Å². The minimum Gasteiger partial charge on any atom is -0.376 e. The van der Waals surface area contributed by atoms with Crippen molar-refractivity contribution in [2.75, 3.05) is 6.61 Å². The second kappa shape index (κ2) is 2.95. The van der Waals surface area contributed by atoms with Crippen molar-refractivity contribution in [2.45, 2.75) is 38.6 Å². The van der Waals surface area contributed by atoms with Crippen LogP contribution >= 0.6 is 0 Å². The lowest BCUT2D eigenvalue weighted by Gasteiger charge is -2.35. The molecule has 0 bridgehead atoms. The van der Waals surface area contributed by atoms with Crippen LogP contribution in [0.3, 0.4) is 0 Å². The maximum atomic E-state index is 5.60. The van der Waals surface area contributed by atoms with Crippen LogP contribution in [0.4, 0.5) is 0 Å². The van der Waals surface area contributed by atoms with Crippen molar-refractivity contribution in [3.63, 3.8) is 0 Å². The van der Waals surface area contributed by atoms with E-state index >= 15 is 0 Å². The Hall–Kier alpha value is 0.0249. The molecule has 1 aliphatic heterocycles. The van der Waals surface area contributed by atoms with E-state index in [1.165, 1.54) is 19.2 Å². The maximum Gasteiger partial charge on any atom is 0.101 e. The van der Waals surface area contributed by atoms with Crippen molar-refractivity contribution in [2.24, 2.45) is 5.92 Å². The monoisotopic (exact) mass is 140 g/mol. The van der Waals surface area contributed by atoms with Gasteiger partial charge in [0.05, 0.1) is 5.60 Å². The van der Waals surface area contributed by atoms with Crippen molar-refractivity contribution >= 4 is 7.85 Å². The fraction of sp³-hybridized carbons (Fsp3) is 1.00. The van der Waals surface area contributed by atoms with Crippen LogP contribution in [0, 0.1) is 5.92 Å². The van der Waals surface area contributed by atoms with Gasteiger partial charge in [0, 0.05) is 6.61 Å². The summed E-state index contributed by atoms with van der Waals surface area (Å²) in [6.07, 6.45) is 3.82. The molecule has 1 saturated heterocycles. The first-order chi connectivity index (χ1) is 4.64. The first-order valence-corrected chi connectivity index (χ1v) is 4.28. The summed E-state index contributed by atoms with van der Waals surface area (Å²) in [5.74, 6) is 0.906. The molecule has 1 nitrogen and oxygen atoms in total. The first-order valence-electron chi connectivity index (χ1n) is 4.28. The van der Waals surface area contributed by atoms with Gasteiger partial charge in [0.2, 0.25) is 0 Å². The van der Waals surface area contributed by atoms with Crippen LogP contribution in [0.15, 0.2) is 0 Å². The third-order valence-electron chi connectivity index (χ3n) is 2.38. The summed E-state index contributed by atoms with van der Waals surface area (Å²) in [6, 6.07) is 0. The van der Waals surface area contributed by atoms with Gasteiger partial charge in [0.15, 0.2) is 0 Å². The molecule has 0 aromatic rings. The summed E-state index contributed by atoms with van der Waals surface area (Å²) in [5, 5.41) is 0. The third-order valence-corrected chi connectivity index (χ3v) is 2.38. The predicted octanol–water partition coefficient (Wildman–Crippen LogP) is 1.24. The van der Waals surface area contributed by atoms with E-state index in [2.05, 4.69) is 21.7 Å². The van der Waals surface area contributed by atoms with Gasteiger partial charge >= 0.3 is 0 Å². The topological polar surface area (TPSA) is 9.23 Å². The Balaban J connectivity index is 2.40. The van der Waals surface area contributed by atoms with Crippen LogP contribution in [0.2, 0.25) is 6.32 Å². The quantitative estimate of drug-likeness (QED) is 0.498. The van der Waals surface area contributed by atoms with Gasteiger partial charge in [-0.3, -0.25) is 0 Å². The van der Waals surface area contributed by atoms with E-state index in [0.717, 1.165) is 12.5 Å². The molecule has 0 saturated carbocycles. The van der Waals surface area contributed by atoms with E-state index in [-0.39, 0.29) is 5.60 Å². The fourth-order valence-corrected chi connectivity index (χ4v) is 1.71. The molecule has 1 rings (SSSR count). The highest BCUT2D eigenvalue weighted by atomic mass is 16.5. The zero-order valence-corrected chi connectivity index (χ0v) is 7.31. The summed E-state index contributed by atoms with van der Waals surface area (Å²) in [6.45, 7) is 5.34. The van der Waals surface area contributed by atoms with Gasteiger partial charge in [-0.15, -0.1) is 0 Å². The molecular weight excluding hydrogens is 123 g/mol. The van der Waals surface area contributed by atoms with Gasteiger partial charge in [0.25, 0.3) is 0 Å². The van der Waals surface area contributed by atoms with Crippen LogP contribution in [-0.4, -0.2) is 20.1 Å². The normalized spacial score (nSPS) is 32.0. The van der Waals surface area contributed by atoms with Crippen molar-refractivity contribution in [3.05, 3.63) is 0 Å². The number of hydrogen-bond acceptors (Lipinski definition) is 1. The molecule has 58 valence electrons. The second-order valence-electron chi connectivity index (χ2n) is 3.88. The lowest BCUT2D eigenvalue weighted by atomic mass is 9.80. The molecule has 2 heteroatoms. The van der Waals surface area contributed by atoms with Gasteiger partial charge in [0.1, 0.15) is 7.85 Å². The molecule has 10 heavy (non-hydrogen) atoms. The van der Waals surface area contributed by atoms with Gasteiger partial charge in [-0.2, -0.15) is 0 Å². The smallest absolute Gasteiger partial charge is 0.101 e. The van der Waals surface area contributed by atoms with E-state index in [1.54, 1.807) is 0 Å². The zero-order valence-electron chi connectivity index (χ0n) is 7.31. The largest absolute Gasteiger partial charge is 0.376 e. The summed E-state index contributed by atoms with van der Waals surface area (Å²) in [7, 11) is 2.27. The van der Waals surface area contributed by atoms with E-state index in [4.69, 9.17) is 4.74 Å². The van der Waals surface area contributed by atoms with Crippen molar-refractivity contribution in [1.82, 2.24) is 0 Å². The Labute approximate surface area is 64.6 Å². The highest BCUT2D eigenvalue weighted by Gasteiger charge is 2.27. The van der Waals surface area contributed by atoms with Crippen LogP contribution in [0.5, 0.6) is 0 Å². The van der Waals surface area contributed by atoms with E-state index in [1.807, 2.05) is 0 Å². The average Bonchev–Trinajstić information content (AvgIpc) is 1.86. The fourth-order valence-electron chi connectivity index (χ4n) is 1.71. The number of hydrogen-bond donors (Lipinski definition) is 0. The Morgan fingerprint density at radius 2 is 2.30 bits per heavy atom. The molecule has 1 atom stereocenters. The number of ether oxygens (including phenoxy) is 1. The van der Waals surface area contributed by atoms with Crippen molar-refractivity contribution < 1.29 is 4.74 Å². The standard InChI is InChI=1S/C8H17BO/c1-8(2)5-7(6-9)3-4-10-8/h7H,3-6,9H2,1-2H3. The van der Waals surface area contributed by atoms with Crippen molar-refractivity contribution in [3.8, 4) is 0 Å². The molecule has 0 radical (unpaired) electrons. The molecule has 1 fully saturated rings. The molecule has 1 heterocycles. The first kappa shape index (κ1) is 8.12. The highest BCUT2D eigenvalue weighted by Crippen LogP contribution is 2.29. The summed E-state index contributed by atoms with van der Waals surface area (Å²) < 4.78 is 5.60. The van der Waals surface area contributed by atoms with Gasteiger partial charge in [-0.05, 0) is 32.6 Å². The Morgan fingerprint density at radius 1 is 1.60 bits per heavy atom. The molecule has 1 unspecified atom stereocenters. The van der Waals surface area contributed by atoms with E-state index in [9.17, 15) is 0 Å². The Bertz CT molecular complexity index is 112. The van der Waals surface area contributed by atoms with Crippen LogP contribution in [0.1, 0.15) is 26.7 Å². The summed E-state index contributed by atoms with van der Waals surface area (Å²) in [4.78, 5) is 0. The molecule has 0 N–H and O–H groups in total. The van der Waals surface area contributed by atoms with E-state index < -0.39 is 0 Å². The molecule has 0 aromatic carbocycles. The summed E-state index contributed by atoms with van der Waals surface area (Å²) in [5.41, 5.74) is 0.152. The minimum absolute atomic E-state index is 0.152. The molecule has 0 aromatic heterocycles. The highest BCUT2D eigenvalue weighted by molar-refractivity contribution is 6.08. The van der Waals surface area contributed by atoms with Crippen LogP contribution in [0.25, 0.3) is 0 Å². The minimum atomic E-state index is 0.152. The maximum absolute atomic E-state index is 5.60. The van der Waals surface area contributed by atoms with Crippen LogP contribution < -0.4 is 0 Å². The second-order valence-corrected chi connectivity index (χ2v) is 3.88. The molecule has 0 spiro atoms. The molecule has 1 aliphatic rings. The molecule has 0 aliphatic carbocycles. The zero-order chi connectivity index (χ0) is 7.61. The molecular formula is C8H17BO. The average molecular weight is 140 g/mol. The predicted molar refractivity (Wildman–Crippen MR) is 46.1 cm³/mol. The lowest BCUT2D eigenvalue weighted by molar-refractivity contribution is -0.0689. The number of rotatable bonds is 1.